The minimum atomic E-state index is 0.0953. The summed E-state index contributed by atoms with van der Waals surface area (Å²) < 4.78 is 4.89. The van der Waals surface area contributed by atoms with Gasteiger partial charge in [-0.05, 0) is 36.3 Å². The number of hydrogen-bond acceptors (Lipinski definition) is 3. The summed E-state index contributed by atoms with van der Waals surface area (Å²) >= 11 is 3.61. The highest BCUT2D eigenvalue weighted by atomic mass is 79.9. The third-order valence-corrected chi connectivity index (χ3v) is 3.63. The van der Waals surface area contributed by atoms with Crippen LogP contribution in [0.4, 0.5) is 0 Å². The molecule has 0 fully saturated rings. The monoisotopic (exact) mass is 325 g/mol. The number of nitrogens with zero attached hydrogens (tertiary/aromatic N) is 4. The van der Waals surface area contributed by atoms with Crippen LogP contribution >= 0.6 is 15.9 Å². The molecule has 5 nitrogen and oxygen atoms in total. The van der Waals surface area contributed by atoms with Crippen LogP contribution in [0.3, 0.4) is 0 Å². The largest absolute Gasteiger partial charge is 0.305 e. The maximum absolute atomic E-state index is 4.45. The van der Waals surface area contributed by atoms with Crippen molar-refractivity contribution >= 4 is 15.9 Å². The number of aromatic nitrogens is 4. The molecule has 2 heterocycles. The molecule has 0 radical (unpaired) electrons. The first-order valence-corrected chi connectivity index (χ1v) is 7.28. The van der Waals surface area contributed by atoms with E-state index in [9.17, 15) is 0 Å². The Morgan fingerprint density at radius 3 is 2.58 bits per heavy atom. The Bertz CT molecular complexity index is 543. The number of rotatable bonds is 5. The molecule has 0 spiro atoms. The van der Waals surface area contributed by atoms with Gasteiger partial charge in [-0.1, -0.05) is 6.92 Å². The molecule has 0 aliphatic heterocycles. The van der Waals surface area contributed by atoms with Gasteiger partial charge in [-0.3, -0.25) is 9.36 Å². The average molecular weight is 326 g/mol. The molecule has 1 N–H and O–H groups in total. The molecule has 2 rings (SSSR count). The molecule has 0 aliphatic carbocycles. The highest BCUT2D eigenvalue weighted by Crippen LogP contribution is 2.30. The van der Waals surface area contributed by atoms with Gasteiger partial charge in [0.15, 0.2) is 0 Å². The first-order chi connectivity index (χ1) is 9.04. The van der Waals surface area contributed by atoms with Crippen molar-refractivity contribution in [3.8, 4) is 0 Å². The van der Waals surface area contributed by atoms with E-state index < -0.39 is 0 Å². The predicted octanol–water partition coefficient (Wildman–Crippen LogP) is 2.66. The summed E-state index contributed by atoms with van der Waals surface area (Å²) in [5.74, 6) is 0. The Morgan fingerprint density at radius 2 is 2.05 bits per heavy atom. The SMILES string of the molecule is CCNC(c1cnn(C)c1)c1c(Br)cnn1C(C)C. The third kappa shape index (κ3) is 2.90. The Labute approximate surface area is 122 Å². The molecule has 2 aromatic heterocycles. The summed E-state index contributed by atoms with van der Waals surface area (Å²) in [6, 6.07) is 0.414. The van der Waals surface area contributed by atoms with Gasteiger partial charge in [0.05, 0.1) is 28.6 Å². The molecule has 0 aliphatic rings. The van der Waals surface area contributed by atoms with Crippen LogP contribution in [-0.2, 0) is 7.05 Å². The Balaban J connectivity index is 2.47. The molecule has 1 unspecified atom stereocenters. The molecule has 104 valence electrons. The first-order valence-electron chi connectivity index (χ1n) is 6.49. The Hall–Kier alpha value is -1.14. The normalized spacial score (nSPS) is 13.2. The molecule has 0 saturated carbocycles. The summed E-state index contributed by atoms with van der Waals surface area (Å²) in [5.41, 5.74) is 2.29. The van der Waals surface area contributed by atoms with Crippen LogP contribution in [0.1, 0.15) is 44.1 Å². The van der Waals surface area contributed by atoms with E-state index in [1.165, 1.54) is 0 Å². The van der Waals surface area contributed by atoms with Crippen molar-refractivity contribution in [3.05, 3.63) is 34.3 Å². The van der Waals surface area contributed by atoms with Crippen molar-refractivity contribution in [1.29, 1.82) is 0 Å². The minimum absolute atomic E-state index is 0.0953. The van der Waals surface area contributed by atoms with Gasteiger partial charge in [0, 0.05) is 24.8 Å². The zero-order valence-corrected chi connectivity index (χ0v) is 13.3. The van der Waals surface area contributed by atoms with Crippen LogP contribution in [0.15, 0.2) is 23.1 Å². The van der Waals surface area contributed by atoms with Crippen LogP contribution in [0.25, 0.3) is 0 Å². The zero-order valence-electron chi connectivity index (χ0n) is 11.8. The second-order valence-electron chi connectivity index (χ2n) is 4.85. The van der Waals surface area contributed by atoms with Gasteiger partial charge < -0.3 is 5.32 Å². The van der Waals surface area contributed by atoms with Crippen LogP contribution in [0, 0.1) is 0 Å². The maximum atomic E-state index is 4.45. The van der Waals surface area contributed by atoms with E-state index >= 15 is 0 Å². The molecular weight excluding hydrogens is 306 g/mol. The summed E-state index contributed by atoms with van der Waals surface area (Å²) in [7, 11) is 1.93. The summed E-state index contributed by atoms with van der Waals surface area (Å²) in [5, 5.41) is 12.2. The molecule has 0 saturated heterocycles. The van der Waals surface area contributed by atoms with Gasteiger partial charge in [-0.2, -0.15) is 10.2 Å². The van der Waals surface area contributed by atoms with Crippen molar-refractivity contribution in [2.24, 2.45) is 7.05 Å². The fraction of sp³-hybridized carbons (Fsp3) is 0.538. The van der Waals surface area contributed by atoms with Crippen molar-refractivity contribution < 1.29 is 0 Å². The molecule has 1 atom stereocenters. The van der Waals surface area contributed by atoms with Crippen LogP contribution in [0.2, 0.25) is 0 Å². The van der Waals surface area contributed by atoms with Crippen molar-refractivity contribution in [3.63, 3.8) is 0 Å². The maximum Gasteiger partial charge on any atom is 0.0790 e. The Morgan fingerprint density at radius 1 is 1.32 bits per heavy atom. The fourth-order valence-electron chi connectivity index (χ4n) is 2.20. The summed E-state index contributed by atoms with van der Waals surface area (Å²) in [6.45, 7) is 7.26. The number of hydrogen-bond donors (Lipinski definition) is 1. The van der Waals surface area contributed by atoms with Crippen LogP contribution < -0.4 is 5.32 Å². The van der Waals surface area contributed by atoms with Crippen LogP contribution in [-0.4, -0.2) is 26.1 Å². The number of aryl methyl sites for hydroxylation is 1. The van der Waals surface area contributed by atoms with E-state index in [4.69, 9.17) is 0 Å². The fourth-order valence-corrected chi connectivity index (χ4v) is 2.70. The second kappa shape index (κ2) is 5.88. The van der Waals surface area contributed by atoms with E-state index in [2.05, 4.69) is 52.2 Å². The molecule has 0 amide bonds. The van der Waals surface area contributed by atoms with Gasteiger partial charge in [-0.15, -0.1) is 0 Å². The average Bonchev–Trinajstić information content (AvgIpc) is 2.93. The van der Waals surface area contributed by atoms with E-state index in [1.807, 2.05) is 35.0 Å². The summed E-state index contributed by atoms with van der Waals surface area (Å²) in [6.07, 6.45) is 5.80. The van der Waals surface area contributed by atoms with Crippen molar-refractivity contribution in [1.82, 2.24) is 24.9 Å². The molecule has 0 aromatic carbocycles. The smallest absolute Gasteiger partial charge is 0.0790 e. The zero-order chi connectivity index (χ0) is 14.0. The molecule has 0 bridgehead atoms. The van der Waals surface area contributed by atoms with E-state index in [1.54, 1.807) is 0 Å². The van der Waals surface area contributed by atoms with E-state index in [0.717, 1.165) is 22.3 Å². The standard InChI is InChI=1S/C13H20BrN5/c1-5-15-12(10-6-16-18(4)8-10)13-11(14)7-17-19(13)9(2)3/h6-9,12,15H,5H2,1-4H3. The van der Waals surface area contributed by atoms with Gasteiger partial charge in [-0.25, -0.2) is 0 Å². The van der Waals surface area contributed by atoms with E-state index in [0.29, 0.717) is 6.04 Å². The lowest BCUT2D eigenvalue weighted by Crippen LogP contribution is -2.25. The molecule has 19 heavy (non-hydrogen) atoms. The van der Waals surface area contributed by atoms with E-state index in [-0.39, 0.29) is 6.04 Å². The highest BCUT2D eigenvalue weighted by Gasteiger charge is 2.23. The topological polar surface area (TPSA) is 47.7 Å². The second-order valence-corrected chi connectivity index (χ2v) is 5.71. The molecule has 6 heteroatoms. The van der Waals surface area contributed by atoms with Gasteiger partial charge in [0.2, 0.25) is 0 Å². The van der Waals surface area contributed by atoms with Gasteiger partial charge >= 0.3 is 0 Å². The van der Waals surface area contributed by atoms with Gasteiger partial charge in [0.25, 0.3) is 0 Å². The lowest BCUT2D eigenvalue weighted by atomic mass is 10.1. The quantitative estimate of drug-likeness (QED) is 0.919. The van der Waals surface area contributed by atoms with Crippen molar-refractivity contribution in [2.75, 3.05) is 6.54 Å². The minimum Gasteiger partial charge on any atom is -0.305 e. The third-order valence-electron chi connectivity index (χ3n) is 3.02. The van der Waals surface area contributed by atoms with Gasteiger partial charge in [0.1, 0.15) is 0 Å². The molecule has 2 aromatic rings. The van der Waals surface area contributed by atoms with Crippen LogP contribution in [0.5, 0.6) is 0 Å². The lowest BCUT2D eigenvalue weighted by Gasteiger charge is -2.20. The number of halogens is 1. The highest BCUT2D eigenvalue weighted by molar-refractivity contribution is 9.10. The summed E-state index contributed by atoms with van der Waals surface area (Å²) in [4.78, 5) is 0. The molecular formula is C13H20BrN5. The number of nitrogens with one attached hydrogen (secondary N) is 1. The first kappa shape index (κ1) is 14.3. The predicted molar refractivity (Wildman–Crippen MR) is 79.0 cm³/mol. The van der Waals surface area contributed by atoms with Crippen molar-refractivity contribution in [2.45, 2.75) is 32.9 Å². The lowest BCUT2D eigenvalue weighted by molar-refractivity contribution is 0.475. The Kier molecular flexibility index (Phi) is 4.42.